The van der Waals surface area contributed by atoms with Crippen molar-refractivity contribution in [2.24, 2.45) is 54.4 Å². The quantitative estimate of drug-likeness (QED) is 0.0235. The van der Waals surface area contributed by atoms with Crippen LogP contribution in [0.15, 0.2) is 207 Å². The van der Waals surface area contributed by atoms with E-state index in [1.807, 2.05) is 94.2 Å². The van der Waals surface area contributed by atoms with Gasteiger partial charge in [0.05, 0.1) is 71.3 Å². The Balaban J connectivity index is 0.000000183. The lowest BCUT2D eigenvalue weighted by Gasteiger charge is -2.35. The van der Waals surface area contributed by atoms with E-state index in [9.17, 15) is 9.59 Å². The van der Waals surface area contributed by atoms with Crippen molar-refractivity contribution in [1.82, 2.24) is 50.2 Å². The molecule has 2 aromatic heterocycles. The number of esters is 1. The number of carbonyl (C=O) groups excluding carboxylic acids is 2. The number of ether oxygens (including phenoxy) is 1. The number of nitrogens with one attached hydrogen (secondary N) is 4. The normalized spacial score (nSPS) is 22.3. The van der Waals surface area contributed by atoms with Gasteiger partial charge < -0.3 is 69.4 Å². The molecule has 767 valence electrons. The van der Waals surface area contributed by atoms with Crippen LogP contribution in [0, 0.1) is 10.8 Å². The minimum Gasteiger partial charge on any atom is -0.468 e. The molecule has 7 atom stereocenters. The molecule has 0 bridgehead atoms. The van der Waals surface area contributed by atoms with E-state index < -0.39 is 11.1 Å². The van der Waals surface area contributed by atoms with Crippen LogP contribution in [0.1, 0.15) is 192 Å². The van der Waals surface area contributed by atoms with Gasteiger partial charge in [0.25, 0.3) is 0 Å². The fourth-order valence-electron chi connectivity index (χ4n) is 21.1. The number of carbonyl (C=O) groups is 2. The molecule has 4 spiro atoms. The maximum atomic E-state index is 12.0. The number of aliphatic imine (C=N–C) groups is 4. The van der Waals surface area contributed by atoms with Gasteiger partial charge in [-0.1, -0.05) is 191 Å². The summed E-state index contributed by atoms with van der Waals surface area (Å²) >= 11 is 19.8. The summed E-state index contributed by atoms with van der Waals surface area (Å²) in [5, 5.41) is 18.3. The average Bonchev–Trinajstić information content (AvgIpc) is 1.66. The Morgan fingerprint density at radius 1 is 0.462 bits per heavy atom. The number of hydrogen-bond acceptors (Lipinski definition) is 23. The van der Waals surface area contributed by atoms with Gasteiger partial charge in [0, 0.05) is 144 Å². The Morgan fingerprint density at radius 3 is 1.09 bits per heavy atom. The number of likely N-dealkylation sites (N-methyl/N-ethyl adjacent to an activating group) is 6. The first-order chi connectivity index (χ1) is 68.1. The third-order valence-corrected chi connectivity index (χ3v) is 31.9. The van der Waals surface area contributed by atoms with Crippen LogP contribution < -0.4 is 45.0 Å². The highest BCUT2D eigenvalue weighted by molar-refractivity contribution is 9.11. The van der Waals surface area contributed by atoms with Crippen LogP contribution in [0.2, 0.25) is 0 Å². The second-order valence-electron chi connectivity index (χ2n) is 38.6. The molecule has 11 aliphatic rings. The van der Waals surface area contributed by atoms with Gasteiger partial charge in [-0.25, -0.2) is 19.9 Å². The number of benzene rings is 7. The molecule has 25 nitrogen and oxygen atoms in total. The summed E-state index contributed by atoms with van der Waals surface area (Å²) in [7, 11) is 1.38. The number of amides is 1. The molecule has 20 rings (SSSR count). The van der Waals surface area contributed by atoms with Crippen LogP contribution in [0.25, 0.3) is 22.3 Å². The summed E-state index contributed by atoms with van der Waals surface area (Å²) in [4.78, 5) is 69.4. The molecule has 3 radical (unpaired) electrons. The maximum absolute atomic E-state index is 12.0. The zero-order chi connectivity index (χ0) is 103. The highest BCUT2D eigenvalue weighted by Crippen LogP contribution is 2.45. The van der Waals surface area contributed by atoms with Gasteiger partial charge >= 0.3 is 5.97 Å². The van der Waals surface area contributed by atoms with Crippen molar-refractivity contribution in [3.05, 3.63) is 265 Å². The lowest BCUT2D eigenvalue weighted by Crippen LogP contribution is -2.57. The third-order valence-electron chi connectivity index (χ3n) is 28.2. The largest absolute Gasteiger partial charge is 0.468 e. The van der Waals surface area contributed by atoms with E-state index in [2.05, 4.69) is 281 Å². The van der Waals surface area contributed by atoms with Gasteiger partial charge in [0.2, 0.25) is 5.91 Å². The van der Waals surface area contributed by atoms with Crippen molar-refractivity contribution >= 4 is 148 Å². The molecule has 7 unspecified atom stereocenters. The third kappa shape index (κ3) is 31.3. The standard InChI is InChI=1S/C19H22N4.C18H20N4.C15H19BrN2.C14H17BrN2.C13H17BrN2O.C13H19BrN2.C12H14BrNO2.C2H6N2.C2H7N.C2H6S.CH4N2.B/c1-3-23-12-19(22-14(23)2)8-7-18-15(9-19)5-4-6-17(18)16-10-20-13-21-11-16;1-2-22-11-18(21-13-22)7-6-17-14(8-18)4-3-5-16(17)15-9-19-12-20-10-15;1-3-18-10-15(17-11(18)2)8-7-13-12(9-15)5-4-6-14(13)16;1-2-17-9-14(16-10-17)7-6-12-11(8-14)4-3-5-13(12)15;1-2-16-12(17)13(15)7-6-10-9(8-13)4-3-5-11(10)14;1-2-16-9-13(15)7-6-11-10(8-13)4-3-5-12(11)14;1-16-11(15)12(14)6-5-9-8(7-12)3-2-4-10(9)13;1-2(3)4;1-2-3;1-3-2;2-1-3;/h4-6,10-11,13H,3,7-9,12H2,1-2H3;3-5,9-10,12-13H,2,6-8,11H2,1H3;4-6H,3,7-10H2,1-2H3;3-5,10H,2,6-9H2,1H3;3-5H,2,6-8,15H2,1H3,(H,16,17);3-5,16H,2,6-9,15H2,1H3;2-4H,5-7,14H2,1H3;1H3,(H3,3,4);2-3H2,1H3;1-2H3;1H,(H3,2,3);. The van der Waals surface area contributed by atoms with Gasteiger partial charge in [-0.15, -0.1) is 0 Å². The number of halogens is 5. The molecule has 9 aromatic rings. The monoisotopic (exact) mass is 2280 g/mol. The van der Waals surface area contributed by atoms with Crippen molar-refractivity contribution in [3.63, 3.8) is 0 Å². The summed E-state index contributed by atoms with van der Waals surface area (Å²) in [6, 6.07) is 44.8. The van der Waals surface area contributed by atoms with E-state index in [4.69, 9.17) is 64.2 Å². The molecule has 1 amide bonds. The maximum Gasteiger partial charge on any atom is 0.326 e. The average molecular weight is 2280 g/mol. The summed E-state index contributed by atoms with van der Waals surface area (Å²) in [5.74, 6) is 2.23. The molecule has 0 saturated carbocycles. The van der Waals surface area contributed by atoms with Gasteiger partial charge in [0.1, 0.15) is 18.2 Å². The van der Waals surface area contributed by atoms with Crippen molar-refractivity contribution in [3.8, 4) is 22.3 Å². The first-order valence-corrected chi connectivity index (χ1v) is 55.5. The molecule has 0 fully saturated rings. The Kier molecular flexibility index (Phi) is 45.8. The summed E-state index contributed by atoms with van der Waals surface area (Å²) < 4.78 is 10.7. The van der Waals surface area contributed by atoms with Gasteiger partial charge in [-0.3, -0.25) is 40.4 Å². The number of rotatable bonds is 12. The van der Waals surface area contributed by atoms with Crippen molar-refractivity contribution in [2.45, 2.75) is 243 Å². The Hall–Kier alpha value is -8.93. The van der Waals surface area contributed by atoms with Crippen molar-refractivity contribution in [2.75, 3.05) is 98.2 Å². The van der Waals surface area contributed by atoms with E-state index in [0.29, 0.717) is 32.2 Å². The second kappa shape index (κ2) is 55.7. The van der Waals surface area contributed by atoms with Crippen molar-refractivity contribution < 1.29 is 14.3 Å². The second-order valence-corrected chi connectivity index (χ2v) is 43.7. The zero-order valence-electron chi connectivity index (χ0n) is 86.1. The van der Waals surface area contributed by atoms with E-state index >= 15 is 0 Å². The number of methoxy groups -OCH3 is 1. The summed E-state index contributed by atoms with van der Waals surface area (Å²) in [6.45, 7) is 32.4. The highest BCUT2D eigenvalue weighted by Gasteiger charge is 2.46. The van der Waals surface area contributed by atoms with Crippen LogP contribution in [0.5, 0.6) is 0 Å². The number of amidine groups is 3. The van der Waals surface area contributed by atoms with E-state index in [0.717, 1.165) is 200 Å². The topological polar surface area (TPSA) is 385 Å². The van der Waals surface area contributed by atoms with Gasteiger partial charge in [0.15, 0.2) is 0 Å². The molecule has 32 heteroatoms. The number of fused-ring (bicyclic) bond motifs is 7. The van der Waals surface area contributed by atoms with E-state index in [1.54, 1.807) is 24.4 Å². The zero-order valence-corrected chi connectivity index (χ0v) is 94.8. The summed E-state index contributed by atoms with van der Waals surface area (Å²) in [5.41, 5.74) is 55.7. The van der Waals surface area contributed by atoms with E-state index in [1.165, 1.54) is 135 Å². The molecular formula is C111H151BBr5N22O3S. The first-order valence-electron chi connectivity index (χ1n) is 49.9. The molecular weight excluding hydrogens is 2130 g/mol. The number of thioether (sulfide) groups is 1. The molecule has 16 N–H and O–H groups in total. The molecule has 6 heterocycles. The number of hydrogen-bond donors (Lipinski definition) is 10. The molecule has 4 aliphatic heterocycles. The SMILES string of the molecule is CC(=N)N.CCN.CCN1C=NC2(CCc3c(Br)cccc3C2)C1.CCN1C=NC2(CCc3c(cccc3-c3cncnc3)C2)C1.CCN1CC2(CCc3c(Br)cccc3C2)N=C1C.CCN1CC2(CCc3c(cccc3-c3cncnc3)C2)N=C1C.CCNC(=O)C1(N)CCc2c(Br)cccc2C1.CCNCC1(N)CCc2c(Br)cccc2C1.COC(=O)C1(N)CCc2c(Br)cccc2C1.CSC.N=CN.[B]. The van der Waals surface area contributed by atoms with Crippen LogP contribution in [0.3, 0.4) is 0 Å². The van der Waals surface area contributed by atoms with Gasteiger partial charge in [-0.2, -0.15) is 11.8 Å². The van der Waals surface area contributed by atoms with E-state index in [-0.39, 0.29) is 53.8 Å². The van der Waals surface area contributed by atoms with Crippen LogP contribution in [-0.2, 0) is 104 Å². The molecule has 7 aromatic carbocycles. The predicted molar refractivity (Wildman–Crippen MR) is 613 cm³/mol. The smallest absolute Gasteiger partial charge is 0.326 e. The Bertz CT molecular complexity index is 5770. The lowest BCUT2D eigenvalue weighted by atomic mass is 9.76. The Morgan fingerprint density at radius 2 is 0.762 bits per heavy atom. The predicted octanol–water partition coefficient (Wildman–Crippen LogP) is 18.2. The number of nitrogens with two attached hydrogens (primary N) is 6. The Labute approximate surface area is 898 Å². The molecule has 143 heavy (non-hydrogen) atoms. The summed E-state index contributed by atoms with van der Waals surface area (Å²) in [6.07, 6.45) is 40.3. The van der Waals surface area contributed by atoms with Crippen molar-refractivity contribution in [1.29, 1.82) is 10.8 Å². The molecule has 7 aliphatic carbocycles. The molecule has 0 saturated heterocycles. The fraction of sp³-hybridized carbons (Fsp3) is 0.477. The minimum absolute atomic E-state index is 0. The number of nitrogens with zero attached hydrogens (tertiary/aromatic N) is 12. The van der Waals surface area contributed by atoms with Crippen LogP contribution in [0.4, 0.5) is 0 Å². The minimum atomic E-state index is -0.859. The first kappa shape index (κ1) is 118. The van der Waals surface area contributed by atoms with Gasteiger partial charge in [-0.05, 0) is 329 Å². The van der Waals surface area contributed by atoms with Crippen LogP contribution >= 0.6 is 91.4 Å². The fourth-order valence-corrected chi connectivity index (χ4v) is 24.1. The van der Waals surface area contributed by atoms with Crippen LogP contribution in [-0.4, -0.2) is 233 Å². The number of aromatic nitrogens is 4. The highest BCUT2D eigenvalue weighted by atomic mass is 79.9. The lowest BCUT2D eigenvalue weighted by molar-refractivity contribution is -0.147.